The molecule has 0 aromatic rings. The van der Waals surface area contributed by atoms with Crippen LogP contribution in [0.1, 0.15) is 84.0 Å². The molecule has 0 aliphatic heterocycles. The highest BCUT2D eigenvalue weighted by molar-refractivity contribution is 5.85. The lowest BCUT2D eigenvalue weighted by molar-refractivity contribution is -0.299. The van der Waals surface area contributed by atoms with E-state index in [1.54, 1.807) is 6.08 Å². The summed E-state index contributed by atoms with van der Waals surface area (Å²) < 4.78 is 0. The number of aliphatic carboxylic acids is 2. The van der Waals surface area contributed by atoms with Crippen molar-refractivity contribution in [2.45, 2.75) is 84.0 Å². The summed E-state index contributed by atoms with van der Waals surface area (Å²) in [6.45, 7) is 2.21. The van der Waals surface area contributed by atoms with Crippen LogP contribution in [-0.2, 0) is 9.59 Å². The summed E-state index contributed by atoms with van der Waals surface area (Å²) in [7, 11) is 0. The molecule has 0 aliphatic carbocycles. The number of unbranched alkanes of at least 4 members (excludes halogenated alkanes) is 9. The minimum Gasteiger partial charge on any atom is -0.545 e. The molecule has 1 N–H and O–H groups in total. The van der Waals surface area contributed by atoms with E-state index in [9.17, 15) is 14.7 Å². The number of carbonyl (C=O) groups is 2. The molecule has 0 saturated heterocycles. The fourth-order valence-electron chi connectivity index (χ4n) is 2.26. The lowest BCUT2D eigenvalue weighted by atomic mass is 10.0. The van der Waals surface area contributed by atoms with Gasteiger partial charge in [0.05, 0.1) is 5.97 Å². The van der Waals surface area contributed by atoms with E-state index >= 15 is 0 Å². The Morgan fingerprint density at radius 2 is 1.43 bits per heavy atom. The Morgan fingerprint density at radius 1 is 0.905 bits per heavy atom. The summed E-state index contributed by atoms with van der Waals surface area (Å²) in [4.78, 5) is 21.3. The van der Waals surface area contributed by atoms with Crippen molar-refractivity contribution in [3.63, 3.8) is 0 Å². The molecule has 21 heavy (non-hydrogen) atoms. The number of carboxylic acids is 2. The first-order chi connectivity index (χ1) is 10.1. The van der Waals surface area contributed by atoms with E-state index in [0.717, 1.165) is 12.8 Å². The molecule has 0 atom stereocenters. The molecule has 0 heterocycles. The average molecular weight is 297 g/mol. The Hall–Kier alpha value is -1.32. The Balaban J connectivity index is 3.62. The highest BCUT2D eigenvalue weighted by atomic mass is 16.4. The molecule has 122 valence electrons. The summed E-state index contributed by atoms with van der Waals surface area (Å²) in [5.74, 6) is -2.22. The molecule has 0 bridgehead atoms. The predicted octanol–water partition coefficient (Wildman–Crippen LogP) is 3.45. The van der Waals surface area contributed by atoms with Crippen LogP contribution in [0.3, 0.4) is 0 Å². The van der Waals surface area contributed by atoms with Crippen molar-refractivity contribution in [1.82, 2.24) is 0 Å². The molecule has 0 aromatic heterocycles. The van der Waals surface area contributed by atoms with E-state index in [2.05, 4.69) is 6.92 Å². The lowest BCUT2D eigenvalue weighted by Gasteiger charge is -2.07. The minimum absolute atomic E-state index is 0.0507. The normalized spacial score (nSPS) is 11.6. The van der Waals surface area contributed by atoms with Gasteiger partial charge in [-0.1, -0.05) is 64.4 Å². The van der Waals surface area contributed by atoms with Gasteiger partial charge in [0.2, 0.25) is 0 Å². The third kappa shape index (κ3) is 13.4. The largest absolute Gasteiger partial charge is 0.545 e. The molecule has 4 heteroatoms. The monoisotopic (exact) mass is 297 g/mol. The Bertz CT molecular complexity index is 321. The van der Waals surface area contributed by atoms with Crippen LogP contribution in [-0.4, -0.2) is 17.0 Å². The summed E-state index contributed by atoms with van der Waals surface area (Å²) in [5, 5.41) is 19.4. The zero-order chi connectivity index (χ0) is 15.9. The van der Waals surface area contributed by atoms with Crippen LogP contribution in [0, 0.1) is 0 Å². The average Bonchev–Trinajstić information content (AvgIpc) is 2.43. The summed E-state index contributed by atoms with van der Waals surface area (Å²) in [6.07, 6.45) is 13.2. The maximum absolute atomic E-state index is 10.8. The van der Waals surface area contributed by atoms with E-state index in [0.29, 0.717) is 6.42 Å². The molecule has 0 rings (SSSR count). The first-order valence-corrected chi connectivity index (χ1v) is 8.20. The van der Waals surface area contributed by atoms with Gasteiger partial charge in [0.15, 0.2) is 0 Å². The van der Waals surface area contributed by atoms with Crippen molar-refractivity contribution in [2.24, 2.45) is 0 Å². The lowest BCUT2D eigenvalue weighted by Crippen LogP contribution is -2.24. The predicted molar refractivity (Wildman–Crippen MR) is 81.8 cm³/mol. The number of hydrogen-bond donors (Lipinski definition) is 1. The molecule has 0 saturated carbocycles. The Labute approximate surface area is 128 Å². The van der Waals surface area contributed by atoms with Gasteiger partial charge in [0.1, 0.15) is 0 Å². The van der Waals surface area contributed by atoms with Crippen molar-refractivity contribution < 1.29 is 19.8 Å². The summed E-state index contributed by atoms with van der Waals surface area (Å²) >= 11 is 0. The van der Waals surface area contributed by atoms with E-state index in [1.807, 2.05) is 0 Å². The molecule has 0 aromatic carbocycles. The first-order valence-electron chi connectivity index (χ1n) is 8.20. The molecular formula is C17H29O4-. The van der Waals surface area contributed by atoms with Crippen LogP contribution in [0.2, 0.25) is 0 Å². The van der Waals surface area contributed by atoms with Gasteiger partial charge in [-0.2, -0.15) is 0 Å². The molecule has 4 nitrogen and oxygen atoms in total. The first kappa shape index (κ1) is 19.7. The van der Waals surface area contributed by atoms with Gasteiger partial charge in [0, 0.05) is 6.42 Å². The third-order valence-corrected chi connectivity index (χ3v) is 3.57. The maximum atomic E-state index is 10.8. The van der Waals surface area contributed by atoms with Crippen LogP contribution < -0.4 is 5.11 Å². The fourth-order valence-corrected chi connectivity index (χ4v) is 2.26. The second-order valence-electron chi connectivity index (χ2n) is 5.53. The van der Waals surface area contributed by atoms with Crippen LogP contribution in [0.25, 0.3) is 0 Å². The molecule has 0 spiro atoms. The van der Waals surface area contributed by atoms with Gasteiger partial charge in [-0.15, -0.1) is 0 Å². The Morgan fingerprint density at radius 3 is 1.90 bits per heavy atom. The van der Waals surface area contributed by atoms with Gasteiger partial charge in [0.25, 0.3) is 0 Å². The van der Waals surface area contributed by atoms with Crippen LogP contribution in [0.4, 0.5) is 0 Å². The van der Waals surface area contributed by atoms with Gasteiger partial charge < -0.3 is 15.0 Å². The number of carbonyl (C=O) groups excluding carboxylic acids is 1. The zero-order valence-electron chi connectivity index (χ0n) is 13.2. The highest BCUT2D eigenvalue weighted by Gasteiger charge is 2.02. The van der Waals surface area contributed by atoms with Crippen LogP contribution in [0.15, 0.2) is 11.6 Å². The Kier molecular flexibility index (Phi) is 12.8. The van der Waals surface area contributed by atoms with Crippen LogP contribution >= 0.6 is 0 Å². The van der Waals surface area contributed by atoms with Crippen LogP contribution in [0.5, 0.6) is 0 Å². The highest BCUT2D eigenvalue weighted by Crippen LogP contribution is 2.12. The SMILES string of the molecule is CCCCCCCCCCC/C=C(\CCC(=O)O)C(=O)[O-]. The number of allylic oxidation sites excluding steroid dienone is 1. The van der Waals surface area contributed by atoms with E-state index < -0.39 is 11.9 Å². The standard InChI is InChI=1S/C17H30O4/c1-2-3-4-5-6-7-8-9-10-11-12-15(17(20)21)13-14-16(18)19/h12H,2-11,13-14H2,1H3,(H,18,19)(H,20,21)/p-1/b15-12+. The summed E-state index contributed by atoms with van der Waals surface area (Å²) in [6, 6.07) is 0. The molecule has 0 fully saturated rings. The molecular weight excluding hydrogens is 268 g/mol. The quantitative estimate of drug-likeness (QED) is 0.393. The van der Waals surface area contributed by atoms with Crippen molar-refractivity contribution in [2.75, 3.05) is 0 Å². The number of carboxylic acid groups (broad SMARTS) is 2. The topological polar surface area (TPSA) is 77.4 Å². The fraction of sp³-hybridized carbons (Fsp3) is 0.765. The van der Waals surface area contributed by atoms with Gasteiger partial charge in [-0.05, 0) is 24.8 Å². The third-order valence-electron chi connectivity index (χ3n) is 3.57. The summed E-state index contributed by atoms with van der Waals surface area (Å²) in [5.41, 5.74) is 0.122. The van der Waals surface area contributed by atoms with Crippen molar-refractivity contribution >= 4 is 11.9 Å². The number of rotatable bonds is 14. The number of hydrogen-bond acceptors (Lipinski definition) is 3. The minimum atomic E-state index is -1.24. The maximum Gasteiger partial charge on any atom is 0.303 e. The molecule has 0 amide bonds. The van der Waals surface area contributed by atoms with Gasteiger partial charge >= 0.3 is 5.97 Å². The van der Waals surface area contributed by atoms with Crippen molar-refractivity contribution in [1.29, 1.82) is 0 Å². The van der Waals surface area contributed by atoms with Crippen molar-refractivity contribution in [3.05, 3.63) is 11.6 Å². The zero-order valence-corrected chi connectivity index (χ0v) is 13.2. The second kappa shape index (κ2) is 13.7. The van der Waals surface area contributed by atoms with E-state index in [-0.39, 0.29) is 18.4 Å². The molecule has 0 unspecified atom stereocenters. The second-order valence-corrected chi connectivity index (χ2v) is 5.53. The van der Waals surface area contributed by atoms with Gasteiger partial charge in [-0.25, -0.2) is 0 Å². The smallest absolute Gasteiger partial charge is 0.303 e. The van der Waals surface area contributed by atoms with Gasteiger partial charge in [-0.3, -0.25) is 4.79 Å². The molecule has 0 radical (unpaired) electrons. The molecule has 0 aliphatic rings. The van der Waals surface area contributed by atoms with E-state index in [1.165, 1.54) is 44.9 Å². The van der Waals surface area contributed by atoms with E-state index in [4.69, 9.17) is 5.11 Å². The van der Waals surface area contributed by atoms with Crippen molar-refractivity contribution in [3.8, 4) is 0 Å².